The number of rotatable bonds is 12. The first-order valence-electron chi connectivity index (χ1n) is 7.75. The summed E-state index contributed by atoms with van der Waals surface area (Å²) in [7, 11) is 0. The van der Waals surface area contributed by atoms with Gasteiger partial charge in [0, 0.05) is 38.9 Å². The lowest BCUT2D eigenvalue weighted by Gasteiger charge is -2.20. The van der Waals surface area contributed by atoms with Gasteiger partial charge >= 0.3 is 0 Å². The maximum Gasteiger partial charge on any atom is 0.297 e. The molecule has 21 heavy (non-hydrogen) atoms. The topological polar surface area (TPSA) is 59.8 Å². The fraction of sp³-hybridized carbons (Fsp3) is 0.800. The molecule has 0 atom stereocenters. The fourth-order valence-corrected chi connectivity index (χ4v) is 1.77. The van der Waals surface area contributed by atoms with Gasteiger partial charge in [-0.15, -0.1) is 0 Å². The van der Waals surface area contributed by atoms with E-state index >= 15 is 0 Å². The molecule has 122 valence electrons. The van der Waals surface area contributed by atoms with Crippen LogP contribution in [0.1, 0.15) is 33.4 Å². The Bertz CT molecular complexity index is 359. The molecule has 0 saturated carbocycles. The Morgan fingerprint density at radius 1 is 1.19 bits per heavy atom. The summed E-state index contributed by atoms with van der Waals surface area (Å²) in [6, 6.07) is 1.06. The maximum atomic E-state index is 5.58. The molecule has 1 N–H and O–H groups in total. The molecule has 6 heteroatoms. The average molecular weight is 299 g/mol. The van der Waals surface area contributed by atoms with E-state index in [-0.39, 0.29) is 0 Å². The summed E-state index contributed by atoms with van der Waals surface area (Å²) in [6.45, 7) is 13.2. The van der Waals surface area contributed by atoms with Crippen LogP contribution in [0.5, 0.6) is 0 Å². The van der Waals surface area contributed by atoms with Crippen molar-refractivity contribution in [3.8, 4) is 0 Å². The number of ether oxygens (including phenoxy) is 2. The Hall–Kier alpha value is -1.11. The highest BCUT2D eigenvalue weighted by Gasteiger charge is 2.13. The lowest BCUT2D eigenvalue weighted by molar-refractivity contribution is 0.140. The SMILES string of the molecule is CCOCCN(CCOCC)c1nc(CNC(C)C)co1. The Morgan fingerprint density at radius 2 is 1.81 bits per heavy atom. The van der Waals surface area contributed by atoms with Gasteiger partial charge in [-0.2, -0.15) is 4.98 Å². The van der Waals surface area contributed by atoms with Crippen LogP contribution < -0.4 is 10.2 Å². The minimum atomic E-state index is 0.428. The average Bonchev–Trinajstić information content (AvgIpc) is 2.92. The van der Waals surface area contributed by atoms with Gasteiger partial charge in [-0.1, -0.05) is 13.8 Å². The molecular formula is C15H29N3O3. The number of oxazole rings is 1. The van der Waals surface area contributed by atoms with Gasteiger partial charge < -0.3 is 24.1 Å². The zero-order chi connectivity index (χ0) is 15.5. The second kappa shape index (κ2) is 10.6. The number of anilines is 1. The molecule has 0 aliphatic carbocycles. The lowest BCUT2D eigenvalue weighted by Crippen LogP contribution is -2.31. The smallest absolute Gasteiger partial charge is 0.297 e. The molecule has 0 spiro atoms. The summed E-state index contributed by atoms with van der Waals surface area (Å²) in [5, 5.41) is 3.33. The number of nitrogens with zero attached hydrogens (tertiary/aromatic N) is 2. The van der Waals surface area contributed by atoms with Crippen molar-refractivity contribution in [3.05, 3.63) is 12.0 Å². The highest BCUT2D eigenvalue weighted by molar-refractivity contribution is 5.26. The molecule has 0 amide bonds. The Labute approximate surface area is 127 Å². The van der Waals surface area contributed by atoms with Crippen molar-refractivity contribution in [2.45, 2.75) is 40.3 Å². The van der Waals surface area contributed by atoms with Crippen molar-refractivity contribution in [2.24, 2.45) is 0 Å². The summed E-state index contributed by atoms with van der Waals surface area (Å²) in [5.74, 6) is 0. The van der Waals surface area contributed by atoms with Crippen LogP contribution in [0.2, 0.25) is 0 Å². The Morgan fingerprint density at radius 3 is 2.33 bits per heavy atom. The predicted molar refractivity (Wildman–Crippen MR) is 83.7 cm³/mol. The van der Waals surface area contributed by atoms with Crippen molar-refractivity contribution in [1.29, 1.82) is 0 Å². The van der Waals surface area contributed by atoms with E-state index in [1.54, 1.807) is 6.26 Å². The first-order valence-corrected chi connectivity index (χ1v) is 7.75. The van der Waals surface area contributed by atoms with Gasteiger partial charge in [0.2, 0.25) is 0 Å². The first kappa shape index (κ1) is 17.9. The van der Waals surface area contributed by atoms with Gasteiger partial charge in [0.25, 0.3) is 6.01 Å². The molecule has 0 radical (unpaired) electrons. The van der Waals surface area contributed by atoms with Crippen LogP contribution in [0.4, 0.5) is 6.01 Å². The van der Waals surface area contributed by atoms with Gasteiger partial charge in [0.05, 0.1) is 18.9 Å². The predicted octanol–water partition coefficient (Wildman–Crippen LogP) is 2.05. The minimum absolute atomic E-state index is 0.428. The third-order valence-electron chi connectivity index (χ3n) is 2.92. The number of hydrogen-bond acceptors (Lipinski definition) is 6. The molecule has 1 heterocycles. The second-order valence-electron chi connectivity index (χ2n) is 5.04. The third-order valence-corrected chi connectivity index (χ3v) is 2.92. The van der Waals surface area contributed by atoms with E-state index < -0.39 is 0 Å². The molecule has 0 aromatic carbocycles. The first-order chi connectivity index (χ1) is 10.2. The maximum absolute atomic E-state index is 5.58. The lowest BCUT2D eigenvalue weighted by atomic mass is 10.4. The Kier molecular flexibility index (Phi) is 9.05. The van der Waals surface area contributed by atoms with E-state index in [0.29, 0.717) is 45.0 Å². The normalized spacial score (nSPS) is 11.3. The highest BCUT2D eigenvalue weighted by Crippen LogP contribution is 2.13. The number of hydrogen-bond donors (Lipinski definition) is 1. The van der Waals surface area contributed by atoms with Crippen LogP contribution in [-0.4, -0.2) is 50.5 Å². The number of aromatic nitrogens is 1. The van der Waals surface area contributed by atoms with E-state index in [4.69, 9.17) is 13.9 Å². The van der Waals surface area contributed by atoms with Crippen LogP contribution >= 0.6 is 0 Å². The van der Waals surface area contributed by atoms with E-state index in [1.807, 2.05) is 13.8 Å². The minimum Gasteiger partial charge on any atom is -0.432 e. The third kappa shape index (κ3) is 7.45. The fourth-order valence-electron chi connectivity index (χ4n) is 1.77. The molecule has 6 nitrogen and oxygen atoms in total. The van der Waals surface area contributed by atoms with E-state index in [1.165, 1.54) is 0 Å². The molecule has 0 aliphatic rings. The van der Waals surface area contributed by atoms with Crippen molar-refractivity contribution < 1.29 is 13.9 Å². The summed E-state index contributed by atoms with van der Waals surface area (Å²) in [5.41, 5.74) is 0.913. The van der Waals surface area contributed by atoms with Crippen LogP contribution in [0.3, 0.4) is 0 Å². The van der Waals surface area contributed by atoms with Crippen molar-refractivity contribution in [2.75, 3.05) is 44.4 Å². The molecular weight excluding hydrogens is 270 g/mol. The van der Waals surface area contributed by atoms with Crippen molar-refractivity contribution in [1.82, 2.24) is 10.3 Å². The van der Waals surface area contributed by atoms with Crippen LogP contribution in [0.15, 0.2) is 10.7 Å². The molecule has 0 saturated heterocycles. The second-order valence-corrected chi connectivity index (χ2v) is 5.04. The molecule has 0 fully saturated rings. The van der Waals surface area contributed by atoms with E-state index in [9.17, 15) is 0 Å². The molecule has 0 unspecified atom stereocenters. The highest BCUT2D eigenvalue weighted by atomic mass is 16.5. The van der Waals surface area contributed by atoms with Crippen LogP contribution in [-0.2, 0) is 16.0 Å². The van der Waals surface area contributed by atoms with Crippen molar-refractivity contribution in [3.63, 3.8) is 0 Å². The molecule has 0 bridgehead atoms. The van der Waals surface area contributed by atoms with Gasteiger partial charge in [-0.25, -0.2) is 0 Å². The Balaban J connectivity index is 2.54. The largest absolute Gasteiger partial charge is 0.432 e. The zero-order valence-corrected chi connectivity index (χ0v) is 13.7. The zero-order valence-electron chi connectivity index (χ0n) is 13.7. The van der Waals surface area contributed by atoms with E-state index in [2.05, 4.69) is 29.0 Å². The van der Waals surface area contributed by atoms with Crippen LogP contribution in [0, 0.1) is 0 Å². The summed E-state index contributed by atoms with van der Waals surface area (Å²) in [4.78, 5) is 6.59. The number of nitrogens with one attached hydrogen (secondary N) is 1. The molecule has 1 aromatic heterocycles. The van der Waals surface area contributed by atoms with Gasteiger partial charge in [0.15, 0.2) is 0 Å². The molecule has 1 aromatic rings. The molecule has 0 aliphatic heterocycles. The van der Waals surface area contributed by atoms with Gasteiger partial charge in [-0.3, -0.25) is 0 Å². The molecule has 1 rings (SSSR count). The van der Waals surface area contributed by atoms with Gasteiger partial charge in [-0.05, 0) is 13.8 Å². The summed E-state index contributed by atoms with van der Waals surface area (Å²) < 4.78 is 16.4. The van der Waals surface area contributed by atoms with Crippen molar-refractivity contribution >= 4 is 6.01 Å². The van der Waals surface area contributed by atoms with Crippen LogP contribution in [0.25, 0.3) is 0 Å². The summed E-state index contributed by atoms with van der Waals surface area (Å²) >= 11 is 0. The quantitative estimate of drug-likeness (QED) is 0.596. The summed E-state index contributed by atoms with van der Waals surface area (Å²) in [6.07, 6.45) is 1.71. The monoisotopic (exact) mass is 299 g/mol. The van der Waals surface area contributed by atoms with Gasteiger partial charge in [0.1, 0.15) is 6.26 Å². The van der Waals surface area contributed by atoms with E-state index in [0.717, 1.165) is 18.8 Å². The standard InChI is InChI=1S/C15H29N3O3/c1-5-19-9-7-18(8-10-20-6-2)15-17-14(12-21-15)11-16-13(3)4/h12-13,16H,5-11H2,1-4H3.